The first-order chi connectivity index (χ1) is 12.6. The Hall–Kier alpha value is -3.11. The van der Waals surface area contributed by atoms with Gasteiger partial charge >= 0.3 is 5.97 Å². The monoisotopic (exact) mass is 344 g/mol. The molecule has 1 aliphatic carbocycles. The van der Waals surface area contributed by atoms with E-state index in [1.54, 1.807) is 18.2 Å². The number of nitriles is 2. The number of carboxylic acids is 1. The molecule has 2 aromatic carbocycles. The number of nitrogens with zero attached hydrogens (tertiary/aromatic N) is 2. The number of carbonyl (C=O) groups is 1. The van der Waals surface area contributed by atoms with E-state index in [-0.39, 0.29) is 11.1 Å². The Morgan fingerprint density at radius 2 is 1.69 bits per heavy atom. The third-order valence-electron chi connectivity index (χ3n) is 5.55. The zero-order valence-corrected chi connectivity index (χ0v) is 14.5. The quantitative estimate of drug-likeness (QED) is 0.901. The first-order valence-electron chi connectivity index (χ1n) is 8.81. The van der Waals surface area contributed by atoms with Crippen molar-refractivity contribution in [2.24, 2.45) is 5.92 Å². The summed E-state index contributed by atoms with van der Waals surface area (Å²) in [4.78, 5) is 12.1. The smallest absolute Gasteiger partial charge is 0.314 e. The zero-order valence-electron chi connectivity index (χ0n) is 14.5. The largest absolute Gasteiger partial charge is 0.481 e. The van der Waals surface area contributed by atoms with Crippen LogP contribution in [0.15, 0.2) is 48.5 Å². The predicted octanol–water partition coefficient (Wildman–Crippen LogP) is 4.19. The number of hydrogen-bond donors (Lipinski definition) is 1. The molecular weight excluding hydrogens is 324 g/mol. The molecule has 26 heavy (non-hydrogen) atoms. The molecule has 1 aliphatic rings. The number of hydrogen-bond acceptors (Lipinski definition) is 3. The van der Waals surface area contributed by atoms with Crippen molar-refractivity contribution in [3.63, 3.8) is 0 Å². The minimum absolute atomic E-state index is 0.247. The maximum Gasteiger partial charge on any atom is 0.314 e. The molecule has 3 rings (SSSR count). The van der Waals surface area contributed by atoms with Crippen molar-refractivity contribution in [2.45, 2.75) is 37.5 Å². The fourth-order valence-electron chi connectivity index (χ4n) is 3.98. The Morgan fingerprint density at radius 3 is 2.27 bits per heavy atom. The van der Waals surface area contributed by atoms with E-state index in [1.165, 1.54) is 5.56 Å². The van der Waals surface area contributed by atoms with E-state index >= 15 is 0 Å². The maximum absolute atomic E-state index is 12.1. The number of rotatable bonds is 4. The molecule has 0 unspecified atom stereocenters. The average molecular weight is 344 g/mol. The van der Waals surface area contributed by atoms with Gasteiger partial charge in [-0.25, -0.2) is 0 Å². The Kier molecular flexibility index (Phi) is 5.05. The predicted molar refractivity (Wildman–Crippen MR) is 97.3 cm³/mol. The lowest BCUT2D eigenvalue weighted by molar-refractivity contribution is -0.145. The highest BCUT2D eigenvalue weighted by molar-refractivity contribution is 5.82. The second-order valence-electron chi connectivity index (χ2n) is 7.00. The van der Waals surface area contributed by atoms with Crippen LogP contribution in [0.3, 0.4) is 0 Å². The molecule has 0 atom stereocenters. The Bertz CT molecular complexity index is 883. The van der Waals surface area contributed by atoms with E-state index in [4.69, 9.17) is 5.26 Å². The van der Waals surface area contributed by atoms with Crippen molar-refractivity contribution < 1.29 is 9.90 Å². The average Bonchev–Trinajstić information content (AvgIpc) is 2.68. The van der Waals surface area contributed by atoms with Gasteiger partial charge in [-0.3, -0.25) is 4.79 Å². The van der Waals surface area contributed by atoms with Gasteiger partial charge in [0.15, 0.2) is 0 Å². The van der Waals surface area contributed by atoms with Crippen LogP contribution in [-0.4, -0.2) is 11.1 Å². The molecule has 1 fully saturated rings. The molecule has 4 heteroatoms. The van der Waals surface area contributed by atoms with Crippen molar-refractivity contribution in [2.75, 3.05) is 0 Å². The highest BCUT2D eigenvalue weighted by atomic mass is 16.4. The van der Waals surface area contributed by atoms with Crippen LogP contribution in [0.25, 0.3) is 0 Å². The van der Waals surface area contributed by atoms with Crippen molar-refractivity contribution in [1.82, 2.24) is 0 Å². The van der Waals surface area contributed by atoms with Crippen molar-refractivity contribution >= 4 is 5.97 Å². The number of carboxylic acid groups (broad SMARTS) is 1. The normalized spacial score (nSPS) is 22.2. The topological polar surface area (TPSA) is 84.9 Å². The highest BCUT2D eigenvalue weighted by Gasteiger charge is 2.43. The molecule has 0 saturated heterocycles. The van der Waals surface area contributed by atoms with Crippen molar-refractivity contribution in [3.8, 4) is 12.1 Å². The Labute approximate surface area is 153 Å². The van der Waals surface area contributed by atoms with Gasteiger partial charge in [0.05, 0.1) is 16.5 Å². The second-order valence-corrected chi connectivity index (χ2v) is 7.00. The highest BCUT2D eigenvalue weighted by Crippen LogP contribution is 2.43. The van der Waals surface area contributed by atoms with Crippen LogP contribution in [0, 0.1) is 28.6 Å². The van der Waals surface area contributed by atoms with Gasteiger partial charge in [0, 0.05) is 0 Å². The van der Waals surface area contributed by atoms with Crippen LogP contribution < -0.4 is 0 Å². The van der Waals surface area contributed by atoms with E-state index in [2.05, 4.69) is 12.1 Å². The number of aliphatic carboxylic acids is 1. The standard InChI is InChI=1S/C22H20N2O2/c23-14-18-6-7-20(13-19(18)15-24)22(21(25)26)10-8-17(9-11-22)12-16-4-2-1-3-5-16/h1-7,13,17H,8-12H2,(H,25,26). The fourth-order valence-corrected chi connectivity index (χ4v) is 3.98. The number of benzene rings is 2. The van der Waals surface area contributed by atoms with Crippen LogP contribution in [0.4, 0.5) is 0 Å². The van der Waals surface area contributed by atoms with E-state index in [1.807, 2.05) is 30.3 Å². The SMILES string of the molecule is N#Cc1ccc(C2(C(=O)O)CCC(Cc3ccccc3)CC2)cc1C#N. The summed E-state index contributed by atoms with van der Waals surface area (Å²) in [5, 5.41) is 28.3. The summed E-state index contributed by atoms with van der Waals surface area (Å²) in [7, 11) is 0. The van der Waals surface area contributed by atoms with E-state index < -0.39 is 11.4 Å². The third-order valence-corrected chi connectivity index (χ3v) is 5.55. The third kappa shape index (κ3) is 3.32. The summed E-state index contributed by atoms with van der Waals surface area (Å²) in [5.41, 5.74) is 1.49. The summed E-state index contributed by atoms with van der Waals surface area (Å²) >= 11 is 0. The molecule has 2 aromatic rings. The fraction of sp³-hybridized carbons (Fsp3) is 0.318. The lowest BCUT2D eigenvalue weighted by atomic mass is 9.65. The van der Waals surface area contributed by atoms with Crippen LogP contribution in [-0.2, 0) is 16.6 Å². The lowest BCUT2D eigenvalue weighted by Gasteiger charge is -2.37. The second kappa shape index (κ2) is 7.42. The van der Waals surface area contributed by atoms with Crippen LogP contribution in [0.5, 0.6) is 0 Å². The van der Waals surface area contributed by atoms with E-state index in [0.29, 0.717) is 24.3 Å². The van der Waals surface area contributed by atoms with Crippen molar-refractivity contribution in [1.29, 1.82) is 10.5 Å². The molecule has 1 saturated carbocycles. The van der Waals surface area contributed by atoms with Gasteiger partial charge < -0.3 is 5.11 Å². The Morgan fingerprint density at radius 1 is 1.04 bits per heavy atom. The van der Waals surface area contributed by atoms with Crippen molar-refractivity contribution in [3.05, 3.63) is 70.8 Å². The molecule has 0 amide bonds. The van der Waals surface area contributed by atoms with Crippen LogP contribution in [0.2, 0.25) is 0 Å². The molecule has 0 aliphatic heterocycles. The summed E-state index contributed by atoms with van der Waals surface area (Å²) in [6.07, 6.45) is 3.74. The summed E-state index contributed by atoms with van der Waals surface area (Å²) in [5.74, 6) is -0.372. The Balaban J connectivity index is 1.82. The maximum atomic E-state index is 12.1. The first kappa shape index (κ1) is 17.7. The van der Waals surface area contributed by atoms with E-state index in [0.717, 1.165) is 19.3 Å². The van der Waals surface area contributed by atoms with Gasteiger partial charge in [-0.05, 0) is 61.3 Å². The van der Waals surface area contributed by atoms with Gasteiger partial charge in [0.1, 0.15) is 12.1 Å². The summed E-state index contributed by atoms with van der Waals surface area (Å²) < 4.78 is 0. The van der Waals surface area contributed by atoms with Gasteiger partial charge in [0.2, 0.25) is 0 Å². The zero-order chi connectivity index (χ0) is 18.6. The van der Waals surface area contributed by atoms with Gasteiger partial charge in [-0.15, -0.1) is 0 Å². The lowest BCUT2D eigenvalue weighted by Crippen LogP contribution is -2.40. The summed E-state index contributed by atoms with van der Waals surface area (Å²) in [6, 6.07) is 19.1. The van der Waals surface area contributed by atoms with Gasteiger partial charge in [0.25, 0.3) is 0 Å². The molecule has 0 heterocycles. The molecule has 0 radical (unpaired) electrons. The van der Waals surface area contributed by atoms with E-state index in [9.17, 15) is 15.2 Å². The molecule has 0 spiro atoms. The minimum atomic E-state index is -0.966. The van der Waals surface area contributed by atoms with Gasteiger partial charge in [-0.1, -0.05) is 36.4 Å². The molecule has 4 nitrogen and oxygen atoms in total. The first-order valence-corrected chi connectivity index (χ1v) is 8.81. The summed E-state index contributed by atoms with van der Waals surface area (Å²) in [6.45, 7) is 0. The van der Waals surface area contributed by atoms with Gasteiger partial charge in [-0.2, -0.15) is 10.5 Å². The molecule has 130 valence electrons. The van der Waals surface area contributed by atoms with Crippen LogP contribution >= 0.6 is 0 Å². The molecule has 0 bridgehead atoms. The molecule has 1 N–H and O–H groups in total. The molecule has 0 aromatic heterocycles. The van der Waals surface area contributed by atoms with Crippen LogP contribution in [0.1, 0.15) is 47.9 Å². The minimum Gasteiger partial charge on any atom is -0.481 e. The molecular formula is C22H20N2O2.